The zero-order chi connectivity index (χ0) is 26.5. The van der Waals surface area contributed by atoms with Crippen LogP contribution >= 0.6 is 0 Å². The molecule has 0 saturated heterocycles. The molecule has 0 spiro atoms. The van der Waals surface area contributed by atoms with E-state index >= 15 is 0 Å². The molecule has 8 nitrogen and oxygen atoms in total. The zero-order valence-corrected chi connectivity index (χ0v) is 20.0. The van der Waals surface area contributed by atoms with Crippen LogP contribution in [0.4, 0.5) is 34.1 Å². The molecule has 1 heterocycles. The zero-order valence-electron chi connectivity index (χ0n) is 20.0. The Balaban J connectivity index is 1.83. The normalized spacial score (nSPS) is 15.9. The van der Waals surface area contributed by atoms with E-state index < -0.39 is 29.8 Å². The number of amides is 4. The van der Waals surface area contributed by atoms with Gasteiger partial charge < -0.3 is 20.7 Å². The van der Waals surface area contributed by atoms with E-state index in [0.717, 1.165) is 25.0 Å². The first-order valence-electron chi connectivity index (χ1n) is 11.3. The summed E-state index contributed by atoms with van der Waals surface area (Å²) in [6.45, 7) is 4.11. The molecule has 3 N–H and O–H groups in total. The van der Waals surface area contributed by atoms with Crippen molar-refractivity contribution in [3.05, 3.63) is 70.9 Å². The molecule has 3 rings (SSSR count). The molecule has 192 valence electrons. The highest BCUT2D eigenvalue weighted by Gasteiger charge is 2.36. The number of ether oxygens (including phenoxy) is 1. The molecule has 0 aromatic heterocycles. The van der Waals surface area contributed by atoms with Crippen LogP contribution in [0, 0.1) is 0 Å². The SMILES string of the molecule is CCCCN1C(=O)N[C@@H](c2cccc(NC(=O)Nc3cccc(C(F)(F)F)c3)c2)C(C(=O)OC)=C1C. The Hall–Kier alpha value is -4.02. The fourth-order valence-corrected chi connectivity index (χ4v) is 3.85. The summed E-state index contributed by atoms with van der Waals surface area (Å²) in [6, 6.07) is 8.75. The van der Waals surface area contributed by atoms with Crippen molar-refractivity contribution >= 4 is 29.4 Å². The Kier molecular flexibility index (Phi) is 8.23. The van der Waals surface area contributed by atoms with Crippen molar-refractivity contribution in [3.63, 3.8) is 0 Å². The number of carbonyl (C=O) groups excluding carboxylic acids is 3. The summed E-state index contributed by atoms with van der Waals surface area (Å²) in [7, 11) is 1.25. The number of hydrogen-bond donors (Lipinski definition) is 3. The van der Waals surface area contributed by atoms with E-state index in [1.807, 2.05) is 6.92 Å². The minimum atomic E-state index is -4.54. The van der Waals surface area contributed by atoms with Gasteiger partial charge in [-0.1, -0.05) is 31.5 Å². The minimum Gasteiger partial charge on any atom is -0.466 e. The predicted molar refractivity (Wildman–Crippen MR) is 128 cm³/mol. The van der Waals surface area contributed by atoms with Crippen molar-refractivity contribution in [1.82, 2.24) is 10.2 Å². The Morgan fingerprint density at radius 1 is 1.08 bits per heavy atom. The molecule has 2 aromatic rings. The fraction of sp³-hybridized carbons (Fsp3) is 0.320. The number of urea groups is 2. The van der Waals surface area contributed by atoms with Crippen LogP contribution in [0.3, 0.4) is 0 Å². The average Bonchev–Trinajstić information content (AvgIpc) is 2.83. The minimum absolute atomic E-state index is 0.0308. The lowest BCUT2D eigenvalue weighted by Crippen LogP contribution is -2.48. The number of unbranched alkanes of at least 4 members (excludes halogenated alkanes) is 1. The maximum Gasteiger partial charge on any atom is 0.416 e. The van der Waals surface area contributed by atoms with Gasteiger partial charge in [-0.3, -0.25) is 4.90 Å². The number of esters is 1. The topological polar surface area (TPSA) is 99.8 Å². The van der Waals surface area contributed by atoms with Gasteiger partial charge in [0.2, 0.25) is 0 Å². The number of halogens is 3. The van der Waals surface area contributed by atoms with Crippen LogP contribution in [0.1, 0.15) is 43.9 Å². The molecule has 11 heteroatoms. The lowest BCUT2D eigenvalue weighted by molar-refractivity contribution is -0.138. The van der Waals surface area contributed by atoms with Crippen LogP contribution in [0.15, 0.2) is 59.8 Å². The van der Waals surface area contributed by atoms with Gasteiger partial charge in [0.25, 0.3) is 0 Å². The van der Waals surface area contributed by atoms with Crippen molar-refractivity contribution in [2.24, 2.45) is 0 Å². The van der Waals surface area contributed by atoms with Crippen molar-refractivity contribution in [3.8, 4) is 0 Å². The first-order chi connectivity index (χ1) is 17.0. The molecule has 0 unspecified atom stereocenters. The molecule has 0 radical (unpaired) electrons. The molecule has 1 atom stereocenters. The molecule has 0 aliphatic carbocycles. The lowest BCUT2D eigenvalue weighted by Gasteiger charge is -2.35. The van der Waals surface area contributed by atoms with Gasteiger partial charge in [0.15, 0.2) is 0 Å². The van der Waals surface area contributed by atoms with Gasteiger partial charge in [-0.2, -0.15) is 13.2 Å². The molecular weight excluding hydrogens is 477 g/mol. The van der Waals surface area contributed by atoms with E-state index in [4.69, 9.17) is 4.74 Å². The number of hydrogen-bond acceptors (Lipinski definition) is 4. The molecule has 1 aliphatic rings. The second-order valence-corrected chi connectivity index (χ2v) is 8.16. The fourth-order valence-electron chi connectivity index (χ4n) is 3.85. The number of allylic oxidation sites excluding steroid dienone is 1. The summed E-state index contributed by atoms with van der Waals surface area (Å²) in [5, 5.41) is 7.75. The second kappa shape index (κ2) is 11.1. The first kappa shape index (κ1) is 26.6. The van der Waals surface area contributed by atoms with Crippen LogP contribution in [0.2, 0.25) is 0 Å². The molecule has 4 amide bonds. The average molecular weight is 505 g/mol. The van der Waals surface area contributed by atoms with Crippen molar-refractivity contribution in [1.29, 1.82) is 0 Å². The number of benzene rings is 2. The van der Waals surface area contributed by atoms with Gasteiger partial charge in [0, 0.05) is 23.6 Å². The molecule has 0 bridgehead atoms. The largest absolute Gasteiger partial charge is 0.466 e. The Bertz CT molecular complexity index is 1180. The summed E-state index contributed by atoms with van der Waals surface area (Å²) >= 11 is 0. The third-order valence-electron chi connectivity index (χ3n) is 5.66. The van der Waals surface area contributed by atoms with Gasteiger partial charge in [0.1, 0.15) is 0 Å². The van der Waals surface area contributed by atoms with E-state index in [0.29, 0.717) is 23.5 Å². The van der Waals surface area contributed by atoms with Crippen LogP contribution in [-0.4, -0.2) is 36.6 Å². The molecule has 0 saturated carbocycles. The molecule has 1 aliphatic heterocycles. The third-order valence-corrected chi connectivity index (χ3v) is 5.66. The molecule has 36 heavy (non-hydrogen) atoms. The van der Waals surface area contributed by atoms with Gasteiger partial charge >= 0.3 is 24.2 Å². The summed E-state index contributed by atoms with van der Waals surface area (Å²) < 4.78 is 43.8. The van der Waals surface area contributed by atoms with Crippen LogP contribution in [0.5, 0.6) is 0 Å². The number of alkyl halides is 3. The monoisotopic (exact) mass is 504 g/mol. The quantitative estimate of drug-likeness (QED) is 0.424. The van der Waals surface area contributed by atoms with Gasteiger partial charge in [-0.25, -0.2) is 14.4 Å². The van der Waals surface area contributed by atoms with Crippen LogP contribution < -0.4 is 16.0 Å². The molecule has 2 aromatic carbocycles. The Labute approximate surface area is 206 Å². The highest BCUT2D eigenvalue weighted by Crippen LogP contribution is 2.33. The smallest absolute Gasteiger partial charge is 0.416 e. The molecular formula is C25H27F3N4O4. The van der Waals surface area contributed by atoms with E-state index in [1.54, 1.807) is 31.2 Å². The lowest BCUT2D eigenvalue weighted by atomic mass is 9.94. The highest BCUT2D eigenvalue weighted by molar-refractivity contribution is 6.00. The highest BCUT2D eigenvalue weighted by atomic mass is 19.4. The van der Waals surface area contributed by atoms with E-state index in [-0.39, 0.29) is 17.3 Å². The van der Waals surface area contributed by atoms with Gasteiger partial charge in [-0.05, 0) is 49.2 Å². The summed E-state index contributed by atoms with van der Waals surface area (Å²) in [5.74, 6) is -0.598. The maximum atomic E-state index is 12.9. The van der Waals surface area contributed by atoms with E-state index in [1.165, 1.54) is 24.1 Å². The number of carbonyl (C=O) groups is 3. The summed E-state index contributed by atoms with van der Waals surface area (Å²) in [6.07, 6.45) is -2.92. The van der Waals surface area contributed by atoms with Gasteiger partial charge in [0.05, 0.1) is 24.3 Å². The number of anilines is 2. The van der Waals surface area contributed by atoms with Crippen molar-refractivity contribution in [2.75, 3.05) is 24.3 Å². The first-order valence-corrected chi connectivity index (χ1v) is 11.3. The number of nitrogens with zero attached hydrogens (tertiary/aromatic N) is 1. The number of rotatable bonds is 7. The second-order valence-electron chi connectivity index (χ2n) is 8.16. The maximum absolute atomic E-state index is 12.9. The van der Waals surface area contributed by atoms with E-state index in [9.17, 15) is 27.6 Å². The van der Waals surface area contributed by atoms with Crippen LogP contribution in [-0.2, 0) is 15.7 Å². The van der Waals surface area contributed by atoms with E-state index in [2.05, 4.69) is 16.0 Å². The Morgan fingerprint density at radius 2 is 1.72 bits per heavy atom. The standard InChI is InChI=1S/C25H27F3N4O4/c1-4-5-12-32-15(2)20(22(33)36-3)21(31-24(32)35)16-8-6-10-18(13-16)29-23(34)30-19-11-7-9-17(14-19)25(26,27)28/h6-11,13-14,21H,4-5,12H2,1-3H3,(H,31,35)(H2,29,30,34)/t21-/m0/s1. The van der Waals surface area contributed by atoms with Crippen molar-refractivity contribution < 1.29 is 32.3 Å². The number of methoxy groups -OCH3 is 1. The third kappa shape index (κ3) is 6.15. The van der Waals surface area contributed by atoms with Crippen molar-refractivity contribution in [2.45, 2.75) is 38.9 Å². The molecule has 0 fully saturated rings. The van der Waals surface area contributed by atoms with Crippen LogP contribution in [0.25, 0.3) is 0 Å². The Morgan fingerprint density at radius 3 is 2.33 bits per heavy atom. The van der Waals surface area contributed by atoms with Gasteiger partial charge in [-0.15, -0.1) is 0 Å². The summed E-state index contributed by atoms with van der Waals surface area (Å²) in [5.41, 5.74) is 0.637. The predicted octanol–water partition coefficient (Wildman–Crippen LogP) is 5.66. The summed E-state index contributed by atoms with van der Waals surface area (Å²) in [4.78, 5) is 39.3. The number of nitrogens with one attached hydrogen (secondary N) is 3.